The molecule has 1 N–H and O–H groups in total. The number of amides is 1. The second kappa shape index (κ2) is 6.25. The first-order valence-electron chi connectivity index (χ1n) is 8.45. The van der Waals surface area contributed by atoms with E-state index in [1.54, 1.807) is 10.9 Å². The van der Waals surface area contributed by atoms with Gasteiger partial charge < -0.3 is 10.2 Å². The number of rotatable bonds is 2. The number of carbonyl (C=O) groups excluding carboxylic acids is 1. The fourth-order valence-corrected chi connectivity index (χ4v) is 3.29. The third-order valence-electron chi connectivity index (χ3n) is 4.70. The normalized spacial score (nSPS) is 17.8. The van der Waals surface area contributed by atoms with E-state index in [2.05, 4.69) is 20.6 Å². The Balaban J connectivity index is 1.75. The van der Waals surface area contributed by atoms with Crippen LogP contribution in [0.3, 0.4) is 0 Å². The van der Waals surface area contributed by atoms with Gasteiger partial charge in [-0.1, -0.05) is 23.4 Å². The van der Waals surface area contributed by atoms with E-state index in [-0.39, 0.29) is 11.9 Å². The zero-order valence-electron chi connectivity index (χ0n) is 14.3. The Kier molecular flexibility index (Phi) is 3.93. The van der Waals surface area contributed by atoms with Crippen LogP contribution in [0.2, 0.25) is 0 Å². The molecule has 1 atom stereocenters. The monoisotopic (exact) mass is 336 g/mol. The second-order valence-electron chi connectivity index (χ2n) is 6.34. The van der Waals surface area contributed by atoms with Gasteiger partial charge in [-0.25, -0.2) is 4.68 Å². The fraction of sp³-hybridized carbons (Fsp3) is 0.333. The lowest BCUT2D eigenvalue weighted by atomic mass is 10.1. The number of nitrogens with one attached hydrogen (secondary N) is 1. The Hall–Kier alpha value is -2.80. The summed E-state index contributed by atoms with van der Waals surface area (Å²) in [5, 5.41) is 12.7. The number of pyridine rings is 1. The van der Waals surface area contributed by atoms with Crippen molar-refractivity contribution in [1.82, 2.24) is 30.2 Å². The van der Waals surface area contributed by atoms with Crippen molar-refractivity contribution in [2.45, 2.75) is 19.9 Å². The summed E-state index contributed by atoms with van der Waals surface area (Å²) in [7, 11) is 0. The van der Waals surface area contributed by atoms with Crippen LogP contribution < -0.4 is 5.32 Å². The van der Waals surface area contributed by atoms with Crippen molar-refractivity contribution in [2.75, 3.05) is 19.6 Å². The topological polar surface area (TPSA) is 75.9 Å². The Bertz CT molecular complexity index is 929. The van der Waals surface area contributed by atoms with Gasteiger partial charge in [-0.3, -0.25) is 9.78 Å². The molecular formula is C18H20N6O. The van der Waals surface area contributed by atoms with Crippen LogP contribution in [0.25, 0.3) is 16.6 Å². The van der Waals surface area contributed by atoms with Crippen LogP contribution in [0, 0.1) is 6.92 Å². The van der Waals surface area contributed by atoms with E-state index in [0.717, 1.165) is 35.4 Å². The van der Waals surface area contributed by atoms with Crippen LogP contribution >= 0.6 is 0 Å². The minimum Gasteiger partial charge on any atom is -0.332 e. The van der Waals surface area contributed by atoms with E-state index in [1.807, 2.05) is 49.1 Å². The van der Waals surface area contributed by atoms with Crippen LogP contribution in [0.5, 0.6) is 0 Å². The number of benzene rings is 1. The predicted molar refractivity (Wildman–Crippen MR) is 94.8 cm³/mol. The van der Waals surface area contributed by atoms with Gasteiger partial charge >= 0.3 is 0 Å². The van der Waals surface area contributed by atoms with E-state index in [4.69, 9.17) is 0 Å². The molecule has 1 aromatic carbocycles. The summed E-state index contributed by atoms with van der Waals surface area (Å²) in [5.41, 5.74) is 2.80. The second-order valence-corrected chi connectivity index (χ2v) is 6.34. The highest BCUT2D eigenvalue weighted by atomic mass is 16.2. The number of hydrogen-bond donors (Lipinski definition) is 1. The standard InChI is InChI=1S/C18H20N6O/c1-12-11-19-9-10-23(12)18(25)16-13(2)24(22-21-16)15-7-3-5-14-6-4-8-20-17(14)15/h3-8,12,19H,9-11H2,1-2H3/t12-/m1/s1. The SMILES string of the molecule is Cc1c(C(=O)N2CCNC[C@H]2C)nnn1-c1cccc2cccnc12. The van der Waals surface area contributed by atoms with Gasteiger partial charge in [-0.15, -0.1) is 5.10 Å². The van der Waals surface area contributed by atoms with Gasteiger partial charge in [0.1, 0.15) is 0 Å². The van der Waals surface area contributed by atoms with E-state index in [0.29, 0.717) is 12.2 Å². The zero-order valence-corrected chi connectivity index (χ0v) is 14.3. The smallest absolute Gasteiger partial charge is 0.276 e. The molecule has 1 aliphatic rings. The Morgan fingerprint density at radius 2 is 2.12 bits per heavy atom. The number of piperazine rings is 1. The fourth-order valence-electron chi connectivity index (χ4n) is 3.29. The maximum absolute atomic E-state index is 12.9. The third kappa shape index (κ3) is 2.66. The molecule has 1 amide bonds. The minimum atomic E-state index is -0.0639. The molecule has 0 bridgehead atoms. The van der Waals surface area contributed by atoms with E-state index in [9.17, 15) is 4.79 Å². The summed E-state index contributed by atoms with van der Waals surface area (Å²) >= 11 is 0. The van der Waals surface area contributed by atoms with Crippen molar-refractivity contribution < 1.29 is 4.79 Å². The molecule has 1 aliphatic heterocycles. The number of fused-ring (bicyclic) bond motifs is 1. The Morgan fingerprint density at radius 1 is 1.28 bits per heavy atom. The number of hydrogen-bond acceptors (Lipinski definition) is 5. The van der Waals surface area contributed by atoms with Crippen molar-refractivity contribution in [2.24, 2.45) is 0 Å². The van der Waals surface area contributed by atoms with Crippen LogP contribution in [-0.4, -0.2) is 56.5 Å². The minimum absolute atomic E-state index is 0.0639. The Morgan fingerprint density at radius 3 is 2.96 bits per heavy atom. The molecular weight excluding hydrogens is 316 g/mol. The van der Waals surface area contributed by atoms with Gasteiger partial charge in [-0.2, -0.15) is 0 Å². The highest BCUT2D eigenvalue weighted by molar-refractivity contribution is 5.94. The van der Waals surface area contributed by atoms with Crippen LogP contribution in [0.4, 0.5) is 0 Å². The zero-order chi connectivity index (χ0) is 17.4. The average molecular weight is 336 g/mol. The van der Waals surface area contributed by atoms with Crippen LogP contribution in [-0.2, 0) is 0 Å². The highest BCUT2D eigenvalue weighted by Crippen LogP contribution is 2.22. The van der Waals surface area contributed by atoms with Gasteiger partial charge in [0.05, 0.1) is 16.9 Å². The van der Waals surface area contributed by atoms with Crippen LogP contribution in [0.15, 0.2) is 36.5 Å². The molecule has 4 rings (SSSR count). The first-order chi connectivity index (χ1) is 12.2. The summed E-state index contributed by atoms with van der Waals surface area (Å²) < 4.78 is 1.70. The molecule has 1 fully saturated rings. The molecule has 1 saturated heterocycles. The summed E-state index contributed by atoms with van der Waals surface area (Å²) in [6.07, 6.45) is 1.76. The van der Waals surface area contributed by atoms with E-state index >= 15 is 0 Å². The molecule has 0 radical (unpaired) electrons. The summed E-state index contributed by atoms with van der Waals surface area (Å²) in [6.45, 7) is 6.20. The molecule has 0 unspecified atom stereocenters. The number of carbonyl (C=O) groups is 1. The first-order valence-corrected chi connectivity index (χ1v) is 8.45. The molecule has 7 nitrogen and oxygen atoms in total. The maximum Gasteiger partial charge on any atom is 0.276 e. The Labute approximate surface area is 145 Å². The number of nitrogens with zero attached hydrogens (tertiary/aromatic N) is 5. The number of para-hydroxylation sites is 1. The molecule has 7 heteroatoms. The highest BCUT2D eigenvalue weighted by Gasteiger charge is 2.28. The maximum atomic E-state index is 12.9. The molecule has 128 valence electrons. The van der Waals surface area contributed by atoms with Gasteiger partial charge in [0.25, 0.3) is 5.91 Å². The lowest BCUT2D eigenvalue weighted by Crippen LogP contribution is -2.52. The predicted octanol–water partition coefficient (Wildman–Crippen LogP) is 1.56. The van der Waals surface area contributed by atoms with E-state index in [1.165, 1.54) is 0 Å². The molecule has 2 aromatic heterocycles. The lowest BCUT2D eigenvalue weighted by molar-refractivity contribution is 0.0649. The van der Waals surface area contributed by atoms with E-state index < -0.39 is 0 Å². The van der Waals surface area contributed by atoms with Crippen molar-refractivity contribution >= 4 is 16.8 Å². The molecule has 0 saturated carbocycles. The lowest BCUT2D eigenvalue weighted by Gasteiger charge is -2.33. The average Bonchev–Trinajstić information content (AvgIpc) is 3.02. The van der Waals surface area contributed by atoms with Gasteiger partial charge in [-0.05, 0) is 26.0 Å². The first kappa shape index (κ1) is 15.7. The van der Waals surface area contributed by atoms with Crippen molar-refractivity contribution in [3.8, 4) is 5.69 Å². The van der Waals surface area contributed by atoms with Crippen molar-refractivity contribution in [1.29, 1.82) is 0 Å². The molecule has 0 spiro atoms. The molecule has 3 aromatic rings. The quantitative estimate of drug-likeness (QED) is 0.768. The molecule has 3 heterocycles. The van der Waals surface area contributed by atoms with Gasteiger partial charge in [0, 0.05) is 37.3 Å². The summed E-state index contributed by atoms with van der Waals surface area (Å²) in [6, 6.07) is 9.96. The summed E-state index contributed by atoms with van der Waals surface area (Å²) in [5.74, 6) is -0.0639. The van der Waals surface area contributed by atoms with Gasteiger partial charge in [0.15, 0.2) is 5.69 Å². The molecule has 0 aliphatic carbocycles. The van der Waals surface area contributed by atoms with Crippen molar-refractivity contribution in [3.63, 3.8) is 0 Å². The third-order valence-corrected chi connectivity index (χ3v) is 4.70. The van der Waals surface area contributed by atoms with Gasteiger partial charge in [0.2, 0.25) is 0 Å². The molecule has 25 heavy (non-hydrogen) atoms. The van der Waals surface area contributed by atoms with Crippen molar-refractivity contribution in [3.05, 3.63) is 47.9 Å². The van der Waals surface area contributed by atoms with Crippen LogP contribution in [0.1, 0.15) is 23.1 Å². The summed E-state index contributed by atoms with van der Waals surface area (Å²) in [4.78, 5) is 19.2. The largest absolute Gasteiger partial charge is 0.332 e. The number of aromatic nitrogens is 4.